The van der Waals surface area contributed by atoms with Crippen molar-refractivity contribution < 1.29 is 13.5 Å². The zero-order chi connectivity index (χ0) is 21.5. The molecule has 0 radical (unpaired) electrons. The van der Waals surface area contributed by atoms with E-state index in [9.17, 15) is 8.78 Å². The molecule has 2 N–H and O–H groups in total. The van der Waals surface area contributed by atoms with Crippen molar-refractivity contribution in [3.05, 3.63) is 59.0 Å². The number of H-pyrrole nitrogens is 1. The highest BCUT2D eigenvalue weighted by Crippen LogP contribution is 2.36. The van der Waals surface area contributed by atoms with Crippen LogP contribution in [0.1, 0.15) is 36.4 Å². The molecule has 31 heavy (non-hydrogen) atoms. The van der Waals surface area contributed by atoms with Crippen LogP contribution in [0.3, 0.4) is 0 Å². The highest BCUT2D eigenvalue weighted by atomic mass is 19.1. The molecular weight excluding hydrogens is 402 g/mol. The average molecular weight is 428 g/mol. The summed E-state index contributed by atoms with van der Waals surface area (Å²) in [7, 11) is 1.84. The first-order valence-corrected chi connectivity index (χ1v) is 10.6. The van der Waals surface area contributed by atoms with Crippen molar-refractivity contribution in [3.63, 3.8) is 0 Å². The summed E-state index contributed by atoms with van der Waals surface area (Å²) in [6.45, 7) is 4.93. The smallest absolute Gasteiger partial charge is 0.158 e. The topological polar surface area (TPSA) is 71.0 Å². The lowest BCUT2D eigenvalue weighted by molar-refractivity contribution is -0.0603. The van der Waals surface area contributed by atoms with Crippen LogP contribution in [0, 0.1) is 11.6 Å². The fourth-order valence-corrected chi connectivity index (χ4v) is 4.84. The summed E-state index contributed by atoms with van der Waals surface area (Å²) >= 11 is 0. The molecule has 0 amide bonds. The van der Waals surface area contributed by atoms with Gasteiger partial charge in [0.15, 0.2) is 5.82 Å². The van der Waals surface area contributed by atoms with Crippen molar-refractivity contribution in [1.82, 2.24) is 30.0 Å². The van der Waals surface area contributed by atoms with Crippen LogP contribution in [0.2, 0.25) is 0 Å². The maximum absolute atomic E-state index is 14.3. The predicted octanol–water partition coefficient (Wildman–Crippen LogP) is 3.01. The van der Waals surface area contributed by atoms with Gasteiger partial charge in [-0.15, -0.1) is 0 Å². The van der Waals surface area contributed by atoms with Crippen LogP contribution in [0.15, 0.2) is 30.5 Å². The van der Waals surface area contributed by atoms with Crippen molar-refractivity contribution in [1.29, 1.82) is 0 Å². The van der Waals surface area contributed by atoms with E-state index in [1.807, 2.05) is 13.1 Å². The fraction of sp³-hybridized carbons (Fsp3) is 0.455. The van der Waals surface area contributed by atoms with E-state index in [0.29, 0.717) is 6.61 Å². The zero-order valence-electron chi connectivity index (χ0n) is 17.6. The van der Waals surface area contributed by atoms with Gasteiger partial charge in [-0.05, 0) is 44.7 Å². The predicted molar refractivity (Wildman–Crippen MR) is 111 cm³/mol. The molecule has 0 saturated carbocycles. The summed E-state index contributed by atoms with van der Waals surface area (Å²) in [5.41, 5.74) is 3.47. The van der Waals surface area contributed by atoms with Crippen LogP contribution in [0.5, 0.6) is 0 Å². The van der Waals surface area contributed by atoms with Crippen molar-refractivity contribution in [2.45, 2.75) is 51.2 Å². The molecule has 1 aromatic carbocycles. The molecule has 9 heteroatoms. The maximum Gasteiger partial charge on any atom is 0.158 e. The largest absolute Gasteiger partial charge is 0.370 e. The van der Waals surface area contributed by atoms with E-state index in [0.717, 1.165) is 55.4 Å². The Morgan fingerprint density at radius 2 is 2.13 bits per heavy atom. The van der Waals surface area contributed by atoms with E-state index in [4.69, 9.17) is 9.72 Å². The Bertz CT molecular complexity index is 1070. The molecule has 2 aromatic heterocycles. The van der Waals surface area contributed by atoms with E-state index in [2.05, 4.69) is 31.9 Å². The first-order chi connectivity index (χ1) is 15.1. The Hall–Kier alpha value is -2.62. The second-order valence-electron chi connectivity index (χ2n) is 8.15. The molecule has 2 aliphatic heterocycles. The Kier molecular flexibility index (Phi) is 5.33. The van der Waals surface area contributed by atoms with Crippen LogP contribution < -0.4 is 5.32 Å². The molecule has 1 fully saturated rings. The standard InChI is InChI=1S/C22H26F2N6O/c1-3-30-20-11-29(10-19(20)27-22(30)17-6-7-26-28-17)14-9-18(25-2)21(31-12-14)15-8-13(23)4-5-16(15)24/h4-8,14,18,21,25H,3,9-12H2,1-2H3,(H,26,28)/t14-,18+,21-/m1/s1. The number of likely N-dealkylation sites (N-methyl/N-ethyl adjacent to an activating group) is 1. The van der Waals surface area contributed by atoms with Gasteiger partial charge in [0.05, 0.1) is 18.0 Å². The van der Waals surface area contributed by atoms with Gasteiger partial charge in [-0.25, -0.2) is 13.8 Å². The lowest BCUT2D eigenvalue weighted by Gasteiger charge is -2.40. The number of hydrogen-bond donors (Lipinski definition) is 2. The molecule has 0 spiro atoms. The molecule has 5 rings (SSSR count). The minimum absolute atomic E-state index is 0.114. The van der Waals surface area contributed by atoms with Crippen LogP contribution in [0.25, 0.3) is 11.5 Å². The molecule has 3 atom stereocenters. The quantitative estimate of drug-likeness (QED) is 0.654. The normalized spacial score (nSPS) is 23.9. The zero-order valence-corrected chi connectivity index (χ0v) is 17.6. The van der Waals surface area contributed by atoms with Gasteiger partial charge in [0.1, 0.15) is 23.4 Å². The summed E-state index contributed by atoms with van der Waals surface area (Å²) in [6.07, 6.45) is 1.99. The molecule has 164 valence electrons. The van der Waals surface area contributed by atoms with Crippen molar-refractivity contribution in [2.24, 2.45) is 0 Å². The van der Waals surface area contributed by atoms with Gasteiger partial charge in [0, 0.05) is 43.5 Å². The van der Waals surface area contributed by atoms with Crippen LogP contribution >= 0.6 is 0 Å². The Labute approximate surface area is 179 Å². The Balaban J connectivity index is 1.33. The molecule has 0 aliphatic carbocycles. The molecule has 4 heterocycles. The number of rotatable bonds is 5. The van der Waals surface area contributed by atoms with E-state index in [1.54, 1.807) is 6.20 Å². The summed E-state index contributed by atoms with van der Waals surface area (Å²) in [5.74, 6) is 0.0215. The summed E-state index contributed by atoms with van der Waals surface area (Å²) in [6, 6.07) is 5.52. The van der Waals surface area contributed by atoms with Crippen molar-refractivity contribution in [2.75, 3.05) is 13.7 Å². The number of benzene rings is 1. The van der Waals surface area contributed by atoms with Gasteiger partial charge in [-0.2, -0.15) is 5.10 Å². The minimum Gasteiger partial charge on any atom is -0.370 e. The number of ether oxygens (including phenoxy) is 1. The number of aromatic nitrogens is 4. The van der Waals surface area contributed by atoms with E-state index in [-0.39, 0.29) is 17.6 Å². The minimum atomic E-state index is -0.517. The van der Waals surface area contributed by atoms with E-state index < -0.39 is 17.7 Å². The molecule has 0 bridgehead atoms. The highest BCUT2D eigenvalue weighted by molar-refractivity contribution is 5.51. The SMILES string of the molecule is CCn1c(-c2ccn[nH]2)nc2c1CN([C@H]1CO[C@H](c3cc(F)ccc3F)[C@@H](NC)C1)C2. The molecule has 2 aliphatic rings. The van der Waals surface area contributed by atoms with Gasteiger partial charge < -0.3 is 14.6 Å². The number of nitrogens with one attached hydrogen (secondary N) is 2. The number of hydrogen-bond acceptors (Lipinski definition) is 5. The Morgan fingerprint density at radius 1 is 1.26 bits per heavy atom. The number of aromatic amines is 1. The molecule has 1 saturated heterocycles. The third-order valence-electron chi connectivity index (χ3n) is 6.43. The van der Waals surface area contributed by atoms with Crippen molar-refractivity contribution >= 4 is 0 Å². The van der Waals surface area contributed by atoms with E-state index >= 15 is 0 Å². The number of fused-ring (bicyclic) bond motifs is 1. The van der Waals surface area contributed by atoms with Crippen molar-refractivity contribution in [3.8, 4) is 11.5 Å². The number of nitrogens with zero attached hydrogens (tertiary/aromatic N) is 4. The number of halogens is 2. The van der Waals surface area contributed by atoms with Gasteiger partial charge >= 0.3 is 0 Å². The van der Waals surface area contributed by atoms with Gasteiger partial charge in [0.2, 0.25) is 0 Å². The average Bonchev–Trinajstić information content (AvgIpc) is 3.50. The Morgan fingerprint density at radius 3 is 2.87 bits per heavy atom. The van der Waals surface area contributed by atoms with Crippen LogP contribution in [-0.4, -0.2) is 50.4 Å². The molecule has 7 nitrogen and oxygen atoms in total. The van der Waals surface area contributed by atoms with Crippen LogP contribution in [0.4, 0.5) is 8.78 Å². The second kappa shape index (κ2) is 8.14. The lowest BCUT2D eigenvalue weighted by Crippen LogP contribution is -2.49. The van der Waals surface area contributed by atoms with Gasteiger partial charge in [0.25, 0.3) is 0 Å². The molecule has 0 unspecified atom stereocenters. The first-order valence-electron chi connectivity index (χ1n) is 10.6. The second-order valence-corrected chi connectivity index (χ2v) is 8.15. The third kappa shape index (κ3) is 3.56. The van der Waals surface area contributed by atoms with Gasteiger partial charge in [-0.1, -0.05) is 0 Å². The highest BCUT2D eigenvalue weighted by Gasteiger charge is 2.39. The van der Waals surface area contributed by atoms with E-state index in [1.165, 1.54) is 11.8 Å². The lowest BCUT2D eigenvalue weighted by atomic mass is 9.92. The molecule has 3 aromatic rings. The summed E-state index contributed by atoms with van der Waals surface area (Å²) < 4.78 is 36.4. The van der Waals surface area contributed by atoms with Crippen LogP contribution in [-0.2, 0) is 24.4 Å². The summed E-state index contributed by atoms with van der Waals surface area (Å²) in [4.78, 5) is 7.24. The monoisotopic (exact) mass is 428 g/mol. The number of imidazole rings is 1. The maximum atomic E-state index is 14.3. The molecular formula is C22H26F2N6O. The fourth-order valence-electron chi connectivity index (χ4n) is 4.84. The first kappa shape index (κ1) is 20.3. The summed E-state index contributed by atoms with van der Waals surface area (Å²) in [5, 5.41) is 10.3. The third-order valence-corrected chi connectivity index (χ3v) is 6.43. The van der Waals surface area contributed by atoms with Gasteiger partial charge in [-0.3, -0.25) is 10.00 Å².